The number of esters is 1. The average molecular weight is 395 g/mol. The molecule has 2 aromatic carbocycles. The average Bonchev–Trinajstić information content (AvgIpc) is 2.62. The molecule has 0 radical (unpaired) electrons. The lowest BCUT2D eigenvalue weighted by atomic mass is 10.1. The molecule has 0 unspecified atom stereocenters. The van der Waals surface area contributed by atoms with Gasteiger partial charge < -0.3 is 10.1 Å². The number of carbonyl (C=O) groups is 3. The zero-order valence-electron chi connectivity index (χ0n) is 13.8. The summed E-state index contributed by atoms with van der Waals surface area (Å²) in [6.07, 6.45) is -1.33. The second-order valence-electron chi connectivity index (χ2n) is 5.17. The van der Waals surface area contributed by atoms with Crippen molar-refractivity contribution < 1.29 is 19.1 Å². The molecule has 0 bridgehead atoms. The maximum atomic E-state index is 12.5. The minimum Gasteiger partial charge on any atom is -0.444 e. The van der Waals surface area contributed by atoms with Crippen molar-refractivity contribution in [2.75, 3.05) is 6.54 Å². The summed E-state index contributed by atoms with van der Waals surface area (Å²) in [6.45, 7) is 2.05. The van der Waals surface area contributed by atoms with Gasteiger partial charge in [0.15, 0.2) is 0 Å². The molecule has 6 nitrogen and oxygen atoms in total. The van der Waals surface area contributed by atoms with Crippen LogP contribution in [0.25, 0.3) is 0 Å². The normalized spacial score (nSPS) is 11.3. The fourth-order valence-electron chi connectivity index (χ4n) is 2.11. The topological polar surface area (TPSA) is 84.5 Å². The van der Waals surface area contributed by atoms with Gasteiger partial charge in [-0.25, -0.2) is 9.59 Å². The highest BCUT2D eigenvalue weighted by Gasteiger charge is 2.27. The molecule has 0 aliphatic rings. The van der Waals surface area contributed by atoms with Crippen molar-refractivity contribution in [2.45, 2.75) is 13.0 Å². The first kappa shape index (κ1) is 19.8. The maximum absolute atomic E-state index is 12.5. The number of rotatable bonds is 5. The van der Waals surface area contributed by atoms with E-state index in [1.54, 1.807) is 37.3 Å². The standard InChI is InChI=1S/C18H16Cl2N2O4/c1-2-21-18(25)22-16(23)15(11-6-4-3-5-7-11)26-17(24)13-10-12(19)8-9-14(13)20/h3-10,15H,2H2,1H3,(H2,21,22,23,25)/t15-/m0/s1. The van der Waals surface area contributed by atoms with E-state index in [0.29, 0.717) is 17.1 Å². The van der Waals surface area contributed by atoms with Gasteiger partial charge in [-0.1, -0.05) is 53.5 Å². The molecule has 0 aliphatic heterocycles. The minimum absolute atomic E-state index is 0.0194. The number of hydrogen-bond acceptors (Lipinski definition) is 4. The highest BCUT2D eigenvalue weighted by Crippen LogP contribution is 2.25. The van der Waals surface area contributed by atoms with Crippen LogP contribution in [0.15, 0.2) is 48.5 Å². The highest BCUT2D eigenvalue weighted by atomic mass is 35.5. The first-order valence-electron chi connectivity index (χ1n) is 7.72. The molecule has 0 aliphatic carbocycles. The number of amides is 3. The van der Waals surface area contributed by atoms with Gasteiger partial charge in [0.1, 0.15) is 0 Å². The predicted octanol–water partition coefficient (Wildman–Crippen LogP) is 3.74. The smallest absolute Gasteiger partial charge is 0.340 e. The third kappa shape index (κ3) is 5.21. The number of carbonyl (C=O) groups excluding carboxylic acids is 3. The molecule has 0 saturated carbocycles. The largest absolute Gasteiger partial charge is 0.444 e. The van der Waals surface area contributed by atoms with Crippen LogP contribution in [0.2, 0.25) is 10.0 Å². The third-order valence-electron chi connectivity index (χ3n) is 3.29. The molecular formula is C18H16Cl2N2O4. The van der Waals surface area contributed by atoms with E-state index in [-0.39, 0.29) is 10.6 Å². The number of halogens is 2. The Balaban J connectivity index is 2.27. The molecule has 2 N–H and O–H groups in total. The summed E-state index contributed by atoms with van der Waals surface area (Å²) in [6, 6.07) is 12.0. The molecule has 0 heterocycles. The molecular weight excluding hydrogens is 379 g/mol. The van der Waals surface area contributed by atoms with Crippen molar-refractivity contribution in [2.24, 2.45) is 0 Å². The Labute approximate surface area is 160 Å². The highest BCUT2D eigenvalue weighted by molar-refractivity contribution is 6.35. The van der Waals surface area contributed by atoms with E-state index in [9.17, 15) is 14.4 Å². The summed E-state index contributed by atoms with van der Waals surface area (Å²) >= 11 is 11.9. The Morgan fingerprint density at radius 3 is 2.42 bits per heavy atom. The molecule has 0 aromatic heterocycles. The second kappa shape index (κ2) is 9.22. The summed E-state index contributed by atoms with van der Waals surface area (Å²) in [5, 5.41) is 5.00. The van der Waals surface area contributed by atoms with E-state index < -0.39 is 24.0 Å². The van der Waals surface area contributed by atoms with Crippen LogP contribution in [0.3, 0.4) is 0 Å². The summed E-state index contributed by atoms with van der Waals surface area (Å²) in [7, 11) is 0. The summed E-state index contributed by atoms with van der Waals surface area (Å²) in [5.41, 5.74) is 0.423. The van der Waals surface area contributed by atoms with Crippen molar-refractivity contribution in [1.82, 2.24) is 10.6 Å². The van der Waals surface area contributed by atoms with Crippen molar-refractivity contribution in [3.8, 4) is 0 Å². The van der Waals surface area contributed by atoms with Crippen LogP contribution in [0.4, 0.5) is 4.79 Å². The molecule has 0 fully saturated rings. The fraction of sp³-hybridized carbons (Fsp3) is 0.167. The van der Waals surface area contributed by atoms with Gasteiger partial charge in [-0.05, 0) is 25.1 Å². The second-order valence-corrected chi connectivity index (χ2v) is 6.01. The SMILES string of the molecule is CCNC(=O)NC(=O)[C@@H](OC(=O)c1cc(Cl)ccc1Cl)c1ccccc1. The summed E-state index contributed by atoms with van der Waals surface area (Å²) < 4.78 is 5.33. The van der Waals surface area contributed by atoms with Gasteiger partial charge in [-0.3, -0.25) is 10.1 Å². The van der Waals surface area contributed by atoms with E-state index in [4.69, 9.17) is 27.9 Å². The quantitative estimate of drug-likeness (QED) is 0.756. The summed E-state index contributed by atoms with van der Waals surface area (Å²) in [5.74, 6) is -1.62. The Bertz CT molecular complexity index is 812. The van der Waals surface area contributed by atoms with Crippen LogP contribution < -0.4 is 10.6 Å². The van der Waals surface area contributed by atoms with Crippen molar-refractivity contribution in [3.05, 3.63) is 69.7 Å². The lowest BCUT2D eigenvalue weighted by molar-refractivity contribution is -0.129. The van der Waals surface area contributed by atoms with Gasteiger partial charge in [0.25, 0.3) is 5.91 Å². The van der Waals surface area contributed by atoms with E-state index in [2.05, 4.69) is 10.6 Å². The van der Waals surface area contributed by atoms with Crippen LogP contribution in [-0.4, -0.2) is 24.5 Å². The first-order chi connectivity index (χ1) is 12.4. The summed E-state index contributed by atoms with van der Waals surface area (Å²) in [4.78, 5) is 36.5. The molecule has 8 heteroatoms. The van der Waals surface area contributed by atoms with Crippen LogP contribution in [-0.2, 0) is 9.53 Å². The Morgan fingerprint density at radius 1 is 1.08 bits per heavy atom. The van der Waals surface area contributed by atoms with E-state index >= 15 is 0 Å². The minimum atomic E-state index is -1.33. The number of benzene rings is 2. The third-order valence-corrected chi connectivity index (χ3v) is 3.85. The number of imide groups is 1. The lowest BCUT2D eigenvalue weighted by Gasteiger charge is -2.18. The van der Waals surface area contributed by atoms with Gasteiger partial charge in [-0.15, -0.1) is 0 Å². The fourth-order valence-corrected chi connectivity index (χ4v) is 2.47. The van der Waals surface area contributed by atoms with Crippen LogP contribution in [0.5, 0.6) is 0 Å². The molecule has 26 heavy (non-hydrogen) atoms. The Hall–Kier alpha value is -2.57. The van der Waals surface area contributed by atoms with E-state index in [1.807, 2.05) is 0 Å². The molecule has 2 aromatic rings. The Kier molecular flexibility index (Phi) is 7.00. The van der Waals surface area contributed by atoms with Gasteiger partial charge in [-0.2, -0.15) is 0 Å². The molecule has 0 spiro atoms. The molecule has 3 amide bonds. The van der Waals surface area contributed by atoms with Gasteiger partial charge in [0, 0.05) is 17.1 Å². The van der Waals surface area contributed by atoms with Crippen LogP contribution >= 0.6 is 23.2 Å². The zero-order chi connectivity index (χ0) is 19.1. The van der Waals surface area contributed by atoms with Gasteiger partial charge >= 0.3 is 12.0 Å². The molecule has 2 rings (SSSR count). The molecule has 136 valence electrons. The van der Waals surface area contributed by atoms with E-state index in [1.165, 1.54) is 18.2 Å². The van der Waals surface area contributed by atoms with Crippen molar-refractivity contribution in [1.29, 1.82) is 0 Å². The lowest BCUT2D eigenvalue weighted by Crippen LogP contribution is -2.42. The van der Waals surface area contributed by atoms with Gasteiger partial charge in [0.05, 0.1) is 10.6 Å². The predicted molar refractivity (Wildman–Crippen MR) is 98.3 cm³/mol. The number of urea groups is 1. The number of nitrogens with one attached hydrogen (secondary N) is 2. The van der Waals surface area contributed by atoms with E-state index in [0.717, 1.165) is 0 Å². The van der Waals surface area contributed by atoms with Crippen molar-refractivity contribution in [3.63, 3.8) is 0 Å². The monoisotopic (exact) mass is 394 g/mol. The molecule has 0 saturated heterocycles. The maximum Gasteiger partial charge on any atom is 0.340 e. The first-order valence-corrected chi connectivity index (χ1v) is 8.47. The van der Waals surface area contributed by atoms with Crippen LogP contribution in [0, 0.1) is 0 Å². The van der Waals surface area contributed by atoms with Crippen molar-refractivity contribution >= 4 is 41.1 Å². The Morgan fingerprint density at radius 2 is 1.77 bits per heavy atom. The number of ether oxygens (including phenoxy) is 1. The van der Waals surface area contributed by atoms with Crippen LogP contribution in [0.1, 0.15) is 28.9 Å². The zero-order valence-corrected chi connectivity index (χ0v) is 15.3. The number of hydrogen-bond donors (Lipinski definition) is 2. The van der Waals surface area contributed by atoms with Gasteiger partial charge in [0.2, 0.25) is 6.10 Å². The molecule has 1 atom stereocenters.